The van der Waals surface area contributed by atoms with E-state index >= 15 is 0 Å². The Labute approximate surface area is 127 Å². The van der Waals surface area contributed by atoms with Crippen molar-refractivity contribution >= 4 is 17.7 Å². The van der Waals surface area contributed by atoms with Crippen molar-refractivity contribution in [2.24, 2.45) is 0 Å². The number of benzene rings is 1. The van der Waals surface area contributed by atoms with Gasteiger partial charge in [0.15, 0.2) is 0 Å². The van der Waals surface area contributed by atoms with E-state index < -0.39 is 17.2 Å². The Bertz CT molecular complexity index is 518. The number of thioether (sulfide) groups is 1. The summed E-state index contributed by atoms with van der Waals surface area (Å²) >= 11 is 1.03. The molecule has 1 aliphatic rings. The SMILES string of the molecule is CN(CC1(O)CCCC1)C(=O)CSc1ccc(F)cc1F. The maximum atomic E-state index is 13.5. The van der Waals surface area contributed by atoms with E-state index in [1.54, 1.807) is 7.05 Å². The van der Waals surface area contributed by atoms with Crippen molar-refractivity contribution in [1.29, 1.82) is 0 Å². The maximum absolute atomic E-state index is 13.5. The highest BCUT2D eigenvalue weighted by Gasteiger charge is 2.33. The number of amides is 1. The standard InChI is InChI=1S/C15H19F2NO2S/c1-18(10-15(20)6-2-3-7-15)14(19)9-21-13-5-4-11(16)8-12(13)17/h4-5,8,20H,2-3,6-7,9-10H2,1H3. The molecule has 21 heavy (non-hydrogen) atoms. The third-order valence-electron chi connectivity index (χ3n) is 3.74. The van der Waals surface area contributed by atoms with Crippen molar-refractivity contribution in [3.63, 3.8) is 0 Å². The molecule has 1 aliphatic carbocycles. The van der Waals surface area contributed by atoms with Crippen LogP contribution in [0.2, 0.25) is 0 Å². The molecule has 0 radical (unpaired) electrons. The summed E-state index contributed by atoms with van der Waals surface area (Å²) in [6, 6.07) is 3.30. The van der Waals surface area contributed by atoms with E-state index in [1.165, 1.54) is 17.0 Å². The van der Waals surface area contributed by atoms with Gasteiger partial charge in [-0.3, -0.25) is 4.79 Å². The lowest BCUT2D eigenvalue weighted by Gasteiger charge is -2.28. The fourth-order valence-corrected chi connectivity index (χ4v) is 3.42. The molecule has 0 unspecified atom stereocenters. The van der Waals surface area contributed by atoms with Crippen LogP contribution < -0.4 is 0 Å². The van der Waals surface area contributed by atoms with Crippen LogP contribution >= 0.6 is 11.8 Å². The highest BCUT2D eigenvalue weighted by atomic mass is 32.2. The van der Waals surface area contributed by atoms with Crippen molar-refractivity contribution in [2.75, 3.05) is 19.3 Å². The molecule has 2 rings (SSSR count). The average molecular weight is 315 g/mol. The summed E-state index contributed by atoms with van der Waals surface area (Å²) in [5.41, 5.74) is -0.782. The lowest BCUT2D eigenvalue weighted by Crippen LogP contribution is -2.42. The summed E-state index contributed by atoms with van der Waals surface area (Å²) in [6.45, 7) is 0.304. The molecule has 1 aromatic rings. The number of likely N-dealkylation sites (N-methyl/N-ethyl adjacent to an activating group) is 1. The van der Waals surface area contributed by atoms with Crippen LogP contribution in [-0.4, -0.2) is 40.9 Å². The molecule has 1 amide bonds. The first-order chi connectivity index (χ1) is 9.89. The second kappa shape index (κ2) is 6.75. The Balaban J connectivity index is 1.86. The van der Waals surface area contributed by atoms with Crippen molar-refractivity contribution in [2.45, 2.75) is 36.2 Å². The van der Waals surface area contributed by atoms with Gasteiger partial charge in [0.1, 0.15) is 11.6 Å². The molecular weight excluding hydrogens is 296 g/mol. The van der Waals surface area contributed by atoms with Gasteiger partial charge in [-0.25, -0.2) is 8.78 Å². The average Bonchev–Trinajstić information content (AvgIpc) is 2.83. The molecule has 1 saturated carbocycles. The van der Waals surface area contributed by atoms with Crippen molar-refractivity contribution < 1.29 is 18.7 Å². The van der Waals surface area contributed by atoms with Crippen molar-refractivity contribution in [3.8, 4) is 0 Å². The highest BCUT2D eigenvalue weighted by molar-refractivity contribution is 8.00. The number of nitrogens with zero attached hydrogens (tertiary/aromatic N) is 1. The zero-order valence-corrected chi connectivity index (χ0v) is 12.8. The van der Waals surface area contributed by atoms with Crippen LogP contribution in [0.4, 0.5) is 8.78 Å². The first-order valence-corrected chi connectivity index (χ1v) is 7.92. The molecule has 0 aliphatic heterocycles. The molecule has 0 saturated heterocycles. The topological polar surface area (TPSA) is 40.5 Å². The summed E-state index contributed by atoms with van der Waals surface area (Å²) in [7, 11) is 1.64. The summed E-state index contributed by atoms with van der Waals surface area (Å²) in [6.07, 6.45) is 3.39. The van der Waals surface area contributed by atoms with Crippen LogP contribution in [0.25, 0.3) is 0 Å². The van der Waals surface area contributed by atoms with E-state index in [-0.39, 0.29) is 16.6 Å². The van der Waals surface area contributed by atoms with E-state index in [4.69, 9.17) is 0 Å². The summed E-state index contributed by atoms with van der Waals surface area (Å²) in [5, 5.41) is 10.3. The molecule has 0 aromatic heterocycles. The van der Waals surface area contributed by atoms with E-state index in [0.717, 1.165) is 30.7 Å². The summed E-state index contributed by atoms with van der Waals surface area (Å²) in [5.74, 6) is -1.41. The minimum atomic E-state index is -0.782. The molecule has 3 nitrogen and oxygen atoms in total. The molecule has 0 heterocycles. The Morgan fingerprint density at radius 1 is 1.38 bits per heavy atom. The first kappa shape index (κ1) is 16.2. The minimum Gasteiger partial charge on any atom is -0.388 e. The van der Waals surface area contributed by atoms with E-state index in [1.807, 2.05) is 0 Å². The second-order valence-electron chi connectivity index (χ2n) is 5.54. The van der Waals surface area contributed by atoms with Gasteiger partial charge in [-0.1, -0.05) is 12.8 Å². The van der Waals surface area contributed by atoms with Gasteiger partial charge in [0, 0.05) is 24.6 Å². The van der Waals surface area contributed by atoms with E-state index in [2.05, 4.69) is 0 Å². The quantitative estimate of drug-likeness (QED) is 0.850. The Morgan fingerprint density at radius 3 is 2.67 bits per heavy atom. The van der Waals surface area contributed by atoms with Gasteiger partial charge in [0.2, 0.25) is 5.91 Å². The molecule has 1 N–H and O–H groups in total. The van der Waals surface area contributed by atoms with Gasteiger partial charge >= 0.3 is 0 Å². The fourth-order valence-electron chi connectivity index (χ4n) is 2.56. The lowest BCUT2D eigenvalue weighted by atomic mass is 10.0. The van der Waals surface area contributed by atoms with Gasteiger partial charge in [0.25, 0.3) is 0 Å². The molecule has 6 heteroatoms. The third-order valence-corrected chi connectivity index (χ3v) is 4.77. The van der Waals surface area contributed by atoms with E-state index in [9.17, 15) is 18.7 Å². The van der Waals surface area contributed by atoms with Gasteiger partial charge in [-0.2, -0.15) is 0 Å². The number of hydrogen-bond donors (Lipinski definition) is 1. The van der Waals surface area contributed by atoms with Crippen molar-refractivity contribution in [1.82, 2.24) is 4.90 Å². The zero-order chi connectivity index (χ0) is 15.5. The fraction of sp³-hybridized carbons (Fsp3) is 0.533. The van der Waals surface area contributed by atoms with Gasteiger partial charge in [-0.15, -0.1) is 11.8 Å². The van der Waals surface area contributed by atoms with Crippen LogP contribution in [0.3, 0.4) is 0 Å². The Morgan fingerprint density at radius 2 is 2.05 bits per heavy atom. The molecule has 0 bridgehead atoms. The summed E-state index contributed by atoms with van der Waals surface area (Å²) in [4.78, 5) is 13.8. The number of rotatable bonds is 5. The van der Waals surface area contributed by atoms with E-state index in [0.29, 0.717) is 19.4 Å². The van der Waals surface area contributed by atoms with Crippen LogP contribution in [-0.2, 0) is 4.79 Å². The highest BCUT2D eigenvalue weighted by Crippen LogP contribution is 2.30. The Kier molecular flexibility index (Phi) is 5.22. The number of halogens is 2. The molecule has 116 valence electrons. The van der Waals surface area contributed by atoms with Crippen LogP contribution in [0.1, 0.15) is 25.7 Å². The molecule has 0 atom stereocenters. The lowest BCUT2D eigenvalue weighted by molar-refractivity contribution is -0.130. The third kappa shape index (κ3) is 4.41. The predicted octanol–water partition coefficient (Wildman–Crippen LogP) is 2.82. The smallest absolute Gasteiger partial charge is 0.232 e. The molecule has 1 aromatic carbocycles. The number of carbonyl (C=O) groups is 1. The zero-order valence-electron chi connectivity index (χ0n) is 11.9. The number of aliphatic hydroxyl groups is 1. The maximum Gasteiger partial charge on any atom is 0.232 e. The van der Waals surface area contributed by atoms with Crippen molar-refractivity contribution in [3.05, 3.63) is 29.8 Å². The normalized spacial score (nSPS) is 17.0. The first-order valence-electron chi connectivity index (χ1n) is 6.94. The van der Waals surface area contributed by atoms with Crippen LogP contribution in [0, 0.1) is 11.6 Å². The molecular formula is C15H19F2NO2S. The van der Waals surface area contributed by atoms with Gasteiger partial charge in [0.05, 0.1) is 11.4 Å². The number of carbonyl (C=O) groups excluding carboxylic acids is 1. The largest absolute Gasteiger partial charge is 0.388 e. The van der Waals surface area contributed by atoms with Crippen LogP contribution in [0.5, 0.6) is 0 Å². The van der Waals surface area contributed by atoms with Crippen LogP contribution in [0.15, 0.2) is 23.1 Å². The predicted molar refractivity (Wildman–Crippen MR) is 78.1 cm³/mol. The Hall–Kier alpha value is -1.14. The monoisotopic (exact) mass is 315 g/mol. The van der Waals surface area contributed by atoms with Gasteiger partial charge < -0.3 is 10.0 Å². The van der Waals surface area contributed by atoms with Gasteiger partial charge in [-0.05, 0) is 25.0 Å². The minimum absolute atomic E-state index is 0.0646. The second-order valence-corrected chi connectivity index (χ2v) is 6.56. The summed E-state index contributed by atoms with van der Waals surface area (Å²) < 4.78 is 26.3. The number of hydrogen-bond acceptors (Lipinski definition) is 3. The molecule has 1 fully saturated rings. The molecule has 0 spiro atoms.